The van der Waals surface area contributed by atoms with E-state index in [1.165, 1.54) is 6.20 Å². The number of hydrogen-bond acceptors (Lipinski definition) is 4. The molecule has 0 saturated heterocycles. The summed E-state index contributed by atoms with van der Waals surface area (Å²) in [4.78, 5) is 15.1. The number of amides is 1. The highest BCUT2D eigenvalue weighted by molar-refractivity contribution is 5.93. The number of rotatable bonds is 2. The SMILES string of the molecule is NC(=O)c1ccnc(-c2ccnnc2)c1. The number of carbonyl (C=O) groups is 1. The number of carbonyl (C=O) groups excluding carboxylic acids is 1. The van der Waals surface area contributed by atoms with Gasteiger partial charge in [0.25, 0.3) is 0 Å². The molecule has 0 fully saturated rings. The fraction of sp³-hybridized carbons (Fsp3) is 0. The van der Waals surface area contributed by atoms with E-state index in [0.717, 1.165) is 5.56 Å². The van der Waals surface area contributed by atoms with Crippen LogP contribution in [0.3, 0.4) is 0 Å². The number of aromatic nitrogens is 3. The summed E-state index contributed by atoms with van der Waals surface area (Å²) in [5.41, 5.74) is 7.05. The van der Waals surface area contributed by atoms with Crippen molar-refractivity contribution in [2.45, 2.75) is 0 Å². The lowest BCUT2D eigenvalue weighted by Crippen LogP contribution is -2.10. The van der Waals surface area contributed by atoms with Crippen molar-refractivity contribution >= 4 is 5.91 Å². The average molecular weight is 200 g/mol. The maximum atomic E-state index is 11.0. The molecule has 0 aliphatic carbocycles. The van der Waals surface area contributed by atoms with Crippen LogP contribution in [0.5, 0.6) is 0 Å². The quantitative estimate of drug-likeness (QED) is 0.771. The van der Waals surface area contributed by atoms with Gasteiger partial charge in [0.15, 0.2) is 0 Å². The zero-order valence-electron chi connectivity index (χ0n) is 7.79. The summed E-state index contributed by atoms with van der Waals surface area (Å²) in [6.07, 6.45) is 4.68. The zero-order chi connectivity index (χ0) is 10.7. The highest BCUT2D eigenvalue weighted by Gasteiger charge is 2.04. The molecule has 0 bridgehead atoms. The first-order valence-electron chi connectivity index (χ1n) is 4.30. The van der Waals surface area contributed by atoms with Gasteiger partial charge in [-0.1, -0.05) is 0 Å². The maximum absolute atomic E-state index is 11.0. The van der Waals surface area contributed by atoms with Crippen molar-refractivity contribution in [1.82, 2.24) is 15.2 Å². The highest BCUT2D eigenvalue weighted by atomic mass is 16.1. The van der Waals surface area contributed by atoms with Gasteiger partial charge in [0, 0.05) is 17.3 Å². The molecular weight excluding hydrogens is 192 g/mol. The lowest BCUT2D eigenvalue weighted by atomic mass is 10.1. The Kier molecular flexibility index (Phi) is 2.37. The van der Waals surface area contributed by atoms with E-state index in [1.807, 2.05) is 0 Å². The van der Waals surface area contributed by atoms with Crippen LogP contribution in [0.4, 0.5) is 0 Å². The molecule has 0 radical (unpaired) electrons. The minimum atomic E-state index is -0.472. The Morgan fingerprint density at radius 2 is 2.07 bits per heavy atom. The van der Waals surface area contributed by atoms with Gasteiger partial charge in [-0.25, -0.2) is 0 Å². The molecule has 1 amide bonds. The molecule has 2 N–H and O–H groups in total. The fourth-order valence-corrected chi connectivity index (χ4v) is 1.18. The van der Waals surface area contributed by atoms with E-state index in [0.29, 0.717) is 11.3 Å². The van der Waals surface area contributed by atoms with Gasteiger partial charge in [-0.3, -0.25) is 9.78 Å². The largest absolute Gasteiger partial charge is 0.366 e. The summed E-state index contributed by atoms with van der Waals surface area (Å²) < 4.78 is 0. The number of nitrogens with two attached hydrogens (primary N) is 1. The average Bonchev–Trinajstić information content (AvgIpc) is 2.30. The Labute approximate surface area is 86.0 Å². The number of pyridine rings is 1. The van der Waals surface area contributed by atoms with Gasteiger partial charge in [-0.2, -0.15) is 10.2 Å². The molecule has 74 valence electrons. The summed E-state index contributed by atoms with van der Waals surface area (Å²) in [5, 5.41) is 7.39. The normalized spacial score (nSPS) is 9.87. The van der Waals surface area contributed by atoms with E-state index in [4.69, 9.17) is 5.73 Å². The van der Waals surface area contributed by atoms with Crippen molar-refractivity contribution < 1.29 is 4.79 Å². The molecule has 0 atom stereocenters. The second kappa shape index (κ2) is 3.83. The van der Waals surface area contributed by atoms with Crippen LogP contribution in [0, 0.1) is 0 Å². The van der Waals surface area contributed by atoms with Crippen molar-refractivity contribution in [1.29, 1.82) is 0 Å². The Bertz CT molecular complexity index is 484. The smallest absolute Gasteiger partial charge is 0.248 e. The first-order chi connectivity index (χ1) is 7.27. The van der Waals surface area contributed by atoms with Crippen LogP contribution < -0.4 is 5.73 Å². The molecule has 0 unspecified atom stereocenters. The summed E-state index contributed by atoms with van der Waals surface area (Å²) in [6, 6.07) is 4.96. The standard InChI is InChI=1S/C10H8N4O/c11-10(15)7-1-3-12-9(5-7)8-2-4-13-14-6-8/h1-6H,(H2,11,15). The molecule has 2 aromatic heterocycles. The summed E-state index contributed by atoms with van der Waals surface area (Å²) >= 11 is 0. The summed E-state index contributed by atoms with van der Waals surface area (Å²) in [5.74, 6) is -0.472. The van der Waals surface area contributed by atoms with Crippen molar-refractivity contribution in [3.63, 3.8) is 0 Å². The predicted octanol–water partition coefficient (Wildman–Crippen LogP) is 0.637. The third-order valence-corrected chi connectivity index (χ3v) is 1.92. The van der Waals surface area contributed by atoms with Crippen LogP contribution in [0.2, 0.25) is 0 Å². The lowest BCUT2D eigenvalue weighted by molar-refractivity contribution is 0.1000. The number of nitrogens with zero attached hydrogens (tertiary/aromatic N) is 3. The second-order valence-corrected chi connectivity index (χ2v) is 2.93. The van der Waals surface area contributed by atoms with E-state index >= 15 is 0 Å². The van der Waals surface area contributed by atoms with E-state index < -0.39 is 5.91 Å². The van der Waals surface area contributed by atoms with Gasteiger partial charge in [0.05, 0.1) is 18.1 Å². The van der Waals surface area contributed by atoms with Gasteiger partial charge in [-0.15, -0.1) is 0 Å². The lowest BCUT2D eigenvalue weighted by Gasteiger charge is -2.00. The van der Waals surface area contributed by atoms with Gasteiger partial charge >= 0.3 is 0 Å². The van der Waals surface area contributed by atoms with Crippen LogP contribution >= 0.6 is 0 Å². The zero-order valence-corrected chi connectivity index (χ0v) is 7.79. The molecule has 0 spiro atoms. The van der Waals surface area contributed by atoms with Gasteiger partial charge in [0.2, 0.25) is 5.91 Å². The van der Waals surface area contributed by atoms with Gasteiger partial charge in [0.1, 0.15) is 0 Å². The molecule has 0 saturated carbocycles. The Balaban J connectivity index is 2.46. The molecule has 2 heterocycles. The van der Waals surface area contributed by atoms with Crippen LogP contribution in [-0.2, 0) is 0 Å². The van der Waals surface area contributed by atoms with E-state index in [2.05, 4.69) is 15.2 Å². The Hall–Kier alpha value is -2.30. The predicted molar refractivity (Wildman–Crippen MR) is 53.8 cm³/mol. The summed E-state index contributed by atoms with van der Waals surface area (Å²) in [6.45, 7) is 0. The number of primary amides is 1. The first-order valence-corrected chi connectivity index (χ1v) is 4.30. The third kappa shape index (κ3) is 1.96. The van der Waals surface area contributed by atoms with E-state index in [9.17, 15) is 4.79 Å². The second-order valence-electron chi connectivity index (χ2n) is 2.93. The van der Waals surface area contributed by atoms with Crippen molar-refractivity contribution in [2.24, 2.45) is 5.73 Å². The highest BCUT2D eigenvalue weighted by Crippen LogP contribution is 2.15. The third-order valence-electron chi connectivity index (χ3n) is 1.92. The van der Waals surface area contributed by atoms with Crippen molar-refractivity contribution in [3.8, 4) is 11.3 Å². The fourth-order valence-electron chi connectivity index (χ4n) is 1.18. The van der Waals surface area contributed by atoms with Gasteiger partial charge < -0.3 is 5.73 Å². The monoisotopic (exact) mass is 200 g/mol. The Morgan fingerprint density at radius 1 is 1.20 bits per heavy atom. The van der Waals surface area contributed by atoms with Crippen molar-refractivity contribution in [2.75, 3.05) is 0 Å². The van der Waals surface area contributed by atoms with E-state index in [-0.39, 0.29) is 0 Å². The van der Waals surface area contributed by atoms with Crippen LogP contribution in [0.1, 0.15) is 10.4 Å². The maximum Gasteiger partial charge on any atom is 0.248 e. The van der Waals surface area contributed by atoms with Crippen LogP contribution in [0.25, 0.3) is 11.3 Å². The van der Waals surface area contributed by atoms with Crippen molar-refractivity contribution in [3.05, 3.63) is 42.4 Å². The van der Waals surface area contributed by atoms with Crippen LogP contribution in [0.15, 0.2) is 36.8 Å². The van der Waals surface area contributed by atoms with Crippen LogP contribution in [-0.4, -0.2) is 21.1 Å². The minimum Gasteiger partial charge on any atom is -0.366 e. The molecule has 15 heavy (non-hydrogen) atoms. The molecule has 0 aliphatic heterocycles. The molecule has 2 rings (SSSR count). The molecule has 5 nitrogen and oxygen atoms in total. The molecule has 5 heteroatoms. The number of hydrogen-bond donors (Lipinski definition) is 1. The van der Waals surface area contributed by atoms with Gasteiger partial charge in [-0.05, 0) is 18.2 Å². The topological polar surface area (TPSA) is 81.8 Å². The molecular formula is C10H8N4O. The first kappa shape index (κ1) is 9.26. The summed E-state index contributed by atoms with van der Waals surface area (Å²) in [7, 11) is 0. The Morgan fingerprint density at radius 3 is 2.73 bits per heavy atom. The van der Waals surface area contributed by atoms with E-state index in [1.54, 1.807) is 30.6 Å². The molecule has 0 aliphatic rings. The molecule has 2 aromatic rings. The minimum absolute atomic E-state index is 0.428. The molecule has 0 aromatic carbocycles.